The first-order chi connectivity index (χ1) is 12.7. The number of methoxy groups -OCH3 is 2. The van der Waals surface area contributed by atoms with Crippen molar-refractivity contribution < 1.29 is 18.6 Å². The van der Waals surface area contributed by atoms with Gasteiger partial charge in [-0.15, -0.1) is 0 Å². The molecule has 1 aliphatic rings. The number of rotatable bonds is 5. The van der Waals surface area contributed by atoms with E-state index in [-0.39, 0.29) is 12.0 Å². The number of aromatic nitrogens is 4. The molecule has 3 aromatic rings. The molecule has 136 valence electrons. The van der Waals surface area contributed by atoms with Crippen LogP contribution >= 0.6 is 0 Å². The number of imidazole rings is 1. The molecular weight excluding hydrogens is 341 g/mol. The number of halogens is 1. The van der Waals surface area contributed by atoms with Crippen LogP contribution in [0, 0.1) is 6.08 Å². The molecule has 1 N–H and O–H groups in total. The molecule has 0 saturated carbocycles. The topological polar surface area (TPSA) is 83.3 Å². The highest BCUT2D eigenvalue weighted by Crippen LogP contribution is 2.34. The Kier molecular flexibility index (Phi) is 4.29. The van der Waals surface area contributed by atoms with E-state index in [1.807, 2.05) is 0 Å². The molecule has 0 radical (unpaired) electrons. The summed E-state index contributed by atoms with van der Waals surface area (Å²) in [5.41, 5.74) is 1.42. The Hall–Kier alpha value is -2.94. The van der Waals surface area contributed by atoms with Crippen molar-refractivity contribution in [2.45, 2.75) is 19.1 Å². The number of fused-ring (bicyclic) bond motifs is 1. The predicted octanol–water partition coefficient (Wildman–Crippen LogP) is 3.04. The van der Waals surface area contributed by atoms with Gasteiger partial charge in [0, 0.05) is 12.7 Å². The zero-order valence-electron chi connectivity index (χ0n) is 14.4. The Morgan fingerprint density at radius 2 is 2.15 bits per heavy atom. The molecule has 9 heteroatoms. The van der Waals surface area contributed by atoms with Crippen LogP contribution in [0.1, 0.15) is 19.1 Å². The van der Waals surface area contributed by atoms with Gasteiger partial charge in [-0.1, -0.05) is 0 Å². The van der Waals surface area contributed by atoms with E-state index in [0.717, 1.165) is 12.8 Å². The van der Waals surface area contributed by atoms with Crippen LogP contribution in [-0.2, 0) is 4.74 Å². The maximum absolute atomic E-state index is 14.1. The zero-order chi connectivity index (χ0) is 18.1. The molecule has 1 aromatic carbocycles. The van der Waals surface area contributed by atoms with Gasteiger partial charge < -0.3 is 19.5 Å². The summed E-state index contributed by atoms with van der Waals surface area (Å²) in [4.78, 5) is 12.1. The molecule has 1 unspecified atom stereocenters. The summed E-state index contributed by atoms with van der Waals surface area (Å²) in [5, 5.41) is 3.07. The van der Waals surface area contributed by atoms with Crippen molar-refractivity contribution in [1.82, 2.24) is 19.5 Å². The molecule has 0 spiro atoms. The van der Waals surface area contributed by atoms with Gasteiger partial charge in [-0.25, -0.2) is 4.98 Å². The van der Waals surface area contributed by atoms with E-state index in [4.69, 9.17) is 14.2 Å². The third-order valence-corrected chi connectivity index (χ3v) is 4.27. The molecular formula is C17H18FN5O3. The lowest BCUT2D eigenvalue weighted by Gasteiger charge is -2.13. The van der Waals surface area contributed by atoms with Crippen LogP contribution in [0.4, 0.5) is 15.9 Å². The number of benzene rings is 1. The fourth-order valence-corrected chi connectivity index (χ4v) is 3.01. The van der Waals surface area contributed by atoms with Gasteiger partial charge in [0.05, 0.1) is 26.2 Å². The fourth-order valence-electron chi connectivity index (χ4n) is 3.01. The van der Waals surface area contributed by atoms with Crippen molar-refractivity contribution in [1.29, 1.82) is 0 Å². The maximum atomic E-state index is 14.1. The van der Waals surface area contributed by atoms with Gasteiger partial charge in [0.2, 0.25) is 0 Å². The SMILES string of the molecule is COc1ccc(OC)c(Nc2nc(F)nc3c2ncn3C2CCCO2)c1. The third kappa shape index (κ3) is 2.90. The molecule has 1 atom stereocenters. The van der Waals surface area contributed by atoms with Crippen LogP contribution in [0.2, 0.25) is 0 Å². The molecule has 2 aromatic heterocycles. The Morgan fingerprint density at radius 3 is 2.88 bits per heavy atom. The molecule has 0 bridgehead atoms. The van der Waals surface area contributed by atoms with E-state index in [0.29, 0.717) is 35.0 Å². The van der Waals surface area contributed by atoms with E-state index < -0.39 is 6.08 Å². The number of anilines is 2. The zero-order valence-corrected chi connectivity index (χ0v) is 14.4. The van der Waals surface area contributed by atoms with Crippen LogP contribution < -0.4 is 14.8 Å². The van der Waals surface area contributed by atoms with Gasteiger partial charge in [0.15, 0.2) is 17.0 Å². The molecule has 4 rings (SSSR count). The van der Waals surface area contributed by atoms with Crippen molar-refractivity contribution in [2.75, 3.05) is 26.1 Å². The minimum atomic E-state index is -0.846. The summed E-state index contributed by atoms with van der Waals surface area (Å²) < 4.78 is 32.0. The van der Waals surface area contributed by atoms with Crippen LogP contribution in [0.25, 0.3) is 11.2 Å². The standard InChI is InChI=1S/C17H18FN5O3/c1-24-10-5-6-12(25-2)11(8-10)20-15-14-16(22-17(18)21-15)23(9-19-14)13-4-3-7-26-13/h5-6,8-9,13H,3-4,7H2,1-2H3,(H,20,21,22). The summed E-state index contributed by atoms with van der Waals surface area (Å²) in [6.45, 7) is 0.671. The first kappa shape index (κ1) is 16.5. The van der Waals surface area contributed by atoms with Crippen molar-refractivity contribution in [2.24, 2.45) is 0 Å². The smallest absolute Gasteiger partial charge is 0.312 e. The highest BCUT2D eigenvalue weighted by atomic mass is 19.1. The van der Waals surface area contributed by atoms with Crippen LogP contribution in [-0.4, -0.2) is 40.3 Å². The molecule has 0 aliphatic carbocycles. The lowest BCUT2D eigenvalue weighted by Crippen LogP contribution is -2.08. The Balaban J connectivity index is 1.77. The predicted molar refractivity (Wildman–Crippen MR) is 92.3 cm³/mol. The third-order valence-electron chi connectivity index (χ3n) is 4.27. The average molecular weight is 359 g/mol. The second-order valence-electron chi connectivity index (χ2n) is 5.82. The van der Waals surface area contributed by atoms with Crippen LogP contribution in [0.15, 0.2) is 24.5 Å². The molecule has 3 heterocycles. The second kappa shape index (κ2) is 6.75. The minimum absolute atomic E-state index is 0.187. The number of ether oxygens (including phenoxy) is 3. The largest absolute Gasteiger partial charge is 0.497 e. The van der Waals surface area contributed by atoms with Crippen LogP contribution in [0.5, 0.6) is 11.5 Å². The van der Waals surface area contributed by atoms with Crippen molar-refractivity contribution in [3.63, 3.8) is 0 Å². The highest BCUT2D eigenvalue weighted by Gasteiger charge is 2.23. The molecule has 1 aliphatic heterocycles. The highest BCUT2D eigenvalue weighted by molar-refractivity contribution is 5.86. The Morgan fingerprint density at radius 1 is 1.27 bits per heavy atom. The summed E-state index contributed by atoms with van der Waals surface area (Å²) >= 11 is 0. The number of nitrogens with zero attached hydrogens (tertiary/aromatic N) is 4. The minimum Gasteiger partial charge on any atom is -0.497 e. The van der Waals surface area contributed by atoms with Gasteiger partial charge in [-0.05, 0) is 25.0 Å². The van der Waals surface area contributed by atoms with Gasteiger partial charge in [0.1, 0.15) is 17.7 Å². The number of hydrogen-bond donors (Lipinski definition) is 1. The lowest BCUT2D eigenvalue weighted by molar-refractivity contribution is 0.0592. The summed E-state index contributed by atoms with van der Waals surface area (Å²) in [6.07, 6.45) is 2.35. The van der Waals surface area contributed by atoms with Gasteiger partial charge >= 0.3 is 6.08 Å². The lowest BCUT2D eigenvalue weighted by atomic mass is 10.2. The Labute approximate surface area is 148 Å². The molecule has 0 amide bonds. The first-order valence-corrected chi connectivity index (χ1v) is 8.20. The summed E-state index contributed by atoms with van der Waals surface area (Å²) in [6, 6.07) is 5.26. The summed E-state index contributed by atoms with van der Waals surface area (Å²) in [5.74, 6) is 1.44. The number of nitrogens with one attached hydrogen (secondary N) is 1. The number of hydrogen-bond acceptors (Lipinski definition) is 7. The van der Waals surface area contributed by atoms with Gasteiger partial charge in [-0.3, -0.25) is 4.57 Å². The van der Waals surface area contributed by atoms with Crippen molar-refractivity contribution in [3.8, 4) is 11.5 Å². The second-order valence-corrected chi connectivity index (χ2v) is 5.82. The Bertz CT molecular complexity index is 940. The fraction of sp³-hybridized carbons (Fsp3) is 0.353. The summed E-state index contributed by atoms with van der Waals surface area (Å²) in [7, 11) is 3.12. The van der Waals surface area contributed by atoms with E-state index in [2.05, 4.69) is 20.3 Å². The normalized spacial score (nSPS) is 16.8. The molecule has 26 heavy (non-hydrogen) atoms. The maximum Gasteiger partial charge on any atom is 0.312 e. The van der Waals surface area contributed by atoms with Gasteiger partial charge in [0.25, 0.3) is 0 Å². The van der Waals surface area contributed by atoms with Gasteiger partial charge in [-0.2, -0.15) is 14.4 Å². The van der Waals surface area contributed by atoms with Crippen molar-refractivity contribution >= 4 is 22.7 Å². The quantitative estimate of drug-likeness (QED) is 0.701. The van der Waals surface area contributed by atoms with Crippen molar-refractivity contribution in [3.05, 3.63) is 30.6 Å². The molecule has 8 nitrogen and oxygen atoms in total. The first-order valence-electron chi connectivity index (χ1n) is 8.20. The van der Waals surface area contributed by atoms with E-state index >= 15 is 0 Å². The molecule has 1 saturated heterocycles. The molecule has 1 fully saturated rings. The monoisotopic (exact) mass is 359 g/mol. The van der Waals surface area contributed by atoms with E-state index in [9.17, 15) is 4.39 Å². The van der Waals surface area contributed by atoms with Crippen LogP contribution in [0.3, 0.4) is 0 Å². The van der Waals surface area contributed by atoms with E-state index in [1.165, 1.54) is 0 Å². The average Bonchev–Trinajstić information content (AvgIpc) is 3.30. The van der Waals surface area contributed by atoms with E-state index in [1.54, 1.807) is 43.3 Å².